The van der Waals surface area contributed by atoms with Gasteiger partial charge in [-0.2, -0.15) is 5.10 Å². The number of hydrogen-bond donors (Lipinski definition) is 3. The maximum absolute atomic E-state index is 12.6. The third-order valence-corrected chi connectivity index (χ3v) is 4.80. The predicted molar refractivity (Wildman–Crippen MR) is 112 cm³/mol. The van der Waals surface area contributed by atoms with Gasteiger partial charge in [0.2, 0.25) is 5.91 Å². The first-order valence-corrected chi connectivity index (χ1v) is 10.1. The van der Waals surface area contributed by atoms with Crippen LogP contribution in [0.3, 0.4) is 0 Å². The van der Waals surface area contributed by atoms with Gasteiger partial charge < -0.3 is 15.2 Å². The number of H-pyrrole nitrogens is 1. The second-order valence-electron chi connectivity index (χ2n) is 6.89. The van der Waals surface area contributed by atoms with Crippen LogP contribution in [0, 0.1) is 10.7 Å². The molecule has 0 spiro atoms. The number of nitrogens with zero attached hydrogens (tertiary/aromatic N) is 2. The monoisotopic (exact) mass is 423 g/mol. The maximum Gasteiger partial charge on any atom is 0.251 e. The van der Waals surface area contributed by atoms with E-state index in [9.17, 15) is 9.59 Å². The number of hydrogen-bond acceptors (Lipinski definition) is 4. The van der Waals surface area contributed by atoms with E-state index in [2.05, 4.69) is 20.8 Å². The van der Waals surface area contributed by atoms with E-state index in [0.717, 1.165) is 5.82 Å². The second kappa shape index (κ2) is 10.4. The highest BCUT2D eigenvalue weighted by Gasteiger charge is 2.22. The van der Waals surface area contributed by atoms with E-state index in [1.165, 1.54) is 0 Å². The first kappa shape index (κ1) is 22.1. The highest BCUT2D eigenvalue weighted by Crippen LogP contribution is 2.11. The highest BCUT2D eigenvalue weighted by atomic mass is 35.5. The SMILES string of the molecule is CCn1c(CCNC(=O)C(CC(C)C)NC(=O)c2ccc(Cl)cc2)n[nH]c1=S. The molecule has 9 heteroatoms. The fourth-order valence-electron chi connectivity index (χ4n) is 2.83. The summed E-state index contributed by atoms with van der Waals surface area (Å²) in [5, 5.41) is 13.2. The fourth-order valence-corrected chi connectivity index (χ4v) is 3.24. The molecule has 0 fully saturated rings. The van der Waals surface area contributed by atoms with Crippen LogP contribution in [-0.2, 0) is 17.8 Å². The van der Waals surface area contributed by atoms with Crippen LogP contribution in [0.25, 0.3) is 0 Å². The summed E-state index contributed by atoms with van der Waals surface area (Å²) in [6, 6.07) is 5.95. The second-order valence-corrected chi connectivity index (χ2v) is 7.72. The molecule has 0 aliphatic heterocycles. The van der Waals surface area contributed by atoms with E-state index in [1.54, 1.807) is 24.3 Å². The van der Waals surface area contributed by atoms with Crippen LogP contribution in [0.2, 0.25) is 5.02 Å². The van der Waals surface area contributed by atoms with Gasteiger partial charge in [0.15, 0.2) is 4.77 Å². The molecular formula is C19H26ClN5O2S. The molecule has 0 radical (unpaired) electrons. The van der Waals surface area contributed by atoms with E-state index in [-0.39, 0.29) is 17.7 Å². The normalized spacial score (nSPS) is 12.0. The molecule has 7 nitrogen and oxygen atoms in total. The van der Waals surface area contributed by atoms with Crippen LogP contribution in [0.15, 0.2) is 24.3 Å². The summed E-state index contributed by atoms with van der Waals surface area (Å²) in [4.78, 5) is 25.1. The lowest BCUT2D eigenvalue weighted by Gasteiger charge is -2.20. The van der Waals surface area contributed by atoms with Crippen molar-refractivity contribution in [1.29, 1.82) is 0 Å². The summed E-state index contributed by atoms with van der Waals surface area (Å²) in [5.41, 5.74) is 0.462. The van der Waals surface area contributed by atoms with Crippen LogP contribution < -0.4 is 10.6 Å². The molecule has 1 unspecified atom stereocenters. The van der Waals surface area contributed by atoms with Crippen molar-refractivity contribution in [3.63, 3.8) is 0 Å². The molecule has 1 heterocycles. The molecule has 1 aromatic heterocycles. The Morgan fingerprint density at radius 2 is 1.96 bits per heavy atom. The Kier molecular flexibility index (Phi) is 8.19. The number of halogens is 1. The van der Waals surface area contributed by atoms with Crippen molar-refractivity contribution in [2.75, 3.05) is 6.54 Å². The number of carbonyl (C=O) groups excluding carboxylic acids is 2. The van der Waals surface area contributed by atoms with Crippen LogP contribution in [0.5, 0.6) is 0 Å². The zero-order valence-electron chi connectivity index (χ0n) is 16.3. The molecule has 1 atom stereocenters. The number of rotatable bonds is 9. The van der Waals surface area contributed by atoms with Crippen LogP contribution in [0.4, 0.5) is 0 Å². The quantitative estimate of drug-likeness (QED) is 0.540. The number of benzene rings is 1. The minimum Gasteiger partial charge on any atom is -0.354 e. The Morgan fingerprint density at radius 3 is 2.57 bits per heavy atom. The fraction of sp³-hybridized carbons (Fsp3) is 0.474. The van der Waals surface area contributed by atoms with Crippen molar-refractivity contribution < 1.29 is 9.59 Å². The Balaban J connectivity index is 1.97. The summed E-state index contributed by atoms with van der Waals surface area (Å²) >= 11 is 11.0. The third kappa shape index (κ3) is 6.17. The van der Waals surface area contributed by atoms with Crippen molar-refractivity contribution in [3.05, 3.63) is 45.4 Å². The van der Waals surface area contributed by atoms with Gasteiger partial charge in [-0.05, 0) is 55.7 Å². The van der Waals surface area contributed by atoms with Gasteiger partial charge in [-0.25, -0.2) is 0 Å². The van der Waals surface area contributed by atoms with Crippen LogP contribution in [-0.4, -0.2) is 39.2 Å². The summed E-state index contributed by atoms with van der Waals surface area (Å²) in [5.74, 6) is 0.522. The first-order chi connectivity index (χ1) is 13.3. The van der Waals surface area contributed by atoms with E-state index >= 15 is 0 Å². The van der Waals surface area contributed by atoms with Gasteiger partial charge in [0.05, 0.1) is 0 Å². The van der Waals surface area contributed by atoms with Gasteiger partial charge in [-0.3, -0.25) is 14.7 Å². The third-order valence-electron chi connectivity index (χ3n) is 4.24. The Morgan fingerprint density at radius 1 is 1.29 bits per heavy atom. The average Bonchev–Trinajstić information content (AvgIpc) is 3.00. The van der Waals surface area contributed by atoms with Crippen molar-refractivity contribution in [1.82, 2.24) is 25.4 Å². The molecule has 2 amide bonds. The van der Waals surface area contributed by atoms with E-state index in [4.69, 9.17) is 23.8 Å². The lowest BCUT2D eigenvalue weighted by molar-refractivity contribution is -0.123. The number of aromatic amines is 1. The molecule has 152 valence electrons. The van der Waals surface area contributed by atoms with Gasteiger partial charge >= 0.3 is 0 Å². The van der Waals surface area contributed by atoms with Gasteiger partial charge in [0, 0.05) is 30.1 Å². The minimum atomic E-state index is -0.616. The molecule has 3 N–H and O–H groups in total. The maximum atomic E-state index is 12.6. The predicted octanol–water partition coefficient (Wildman–Crippen LogP) is 3.12. The Hall–Kier alpha value is -2.19. The number of amides is 2. The molecule has 0 aliphatic rings. The largest absolute Gasteiger partial charge is 0.354 e. The first-order valence-electron chi connectivity index (χ1n) is 9.30. The molecule has 2 rings (SSSR count). The minimum absolute atomic E-state index is 0.215. The summed E-state index contributed by atoms with van der Waals surface area (Å²) < 4.78 is 2.45. The van der Waals surface area contributed by atoms with Gasteiger partial charge in [0.25, 0.3) is 5.91 Å². The number of carbonyl (C=O) groups is 2. The molecule has 2 aromatic rings. The molecule has 0 aliphatic carbocycles. The molecule has 28 heavy (non-hydrogen) atoms. The molecule has 0 saturated carbocycles. The molecular weight excluding hydrogens is 398 g/mol. The van der Waals surface area contributed by atoms with Crippen LogP contribution >= 0.6 is 23.8 Å². The molecule has 0 saturated heterocycles. The van der Waals surface area contributed by atoms with Crippen molar-refractivity contribution in [2.24, 2.45) is 5.92 Å². The highest BCUT2D eigenvalue weighted by molar-refractivity contribution is 7.71. The van der Waals surface area contributed by atoms with Crippen LogP contribution in [0.1, 0.15) is 43.4 Å². The number of nitrogens with one attached hydrogen (secondary N) is 3. The topological polar surface area (TPSA) is 91.8 Å². The van der Waals surface area contributed by atoms with Crippen molar-refractivity contribution >= 4 is 35.6 Å². The summed E-state index contributed by atoms with van der Waals surface area (Å²) in [7, 11) is 0. The Labute approximate surface area is 174 Å². The van der Waals surface area contributed by atoms with Gasteiger partial charge in [-0.15, -0.1) is 0 Å². The van der Waals surface area contributed by atoms with Gasteiger partial charge in [-0.1, -0.05) is 25.4 Å². The van der Waals surface area contributed by atoms with E-state index in [0.29, 0.717) is 41.3 Å². The summed E-state index contributed by atoms with van der Waals surface area (Å²) in [6.07, 6.45) is 1.09. The Bertz CT molecular complexity index is 860. The standard InChI is InChI=1S/C19H26ClN5O2S/c1-4-25-16(23-24-19(25)28)9-10-21-18(27)15(11-12(2)3)22-17(26)13-5-7-14(20)8-6-13/h5-8,12,15H,4,9-11H2,1-3H3,(H,21,27)(H,22,26)(H,24,28). The molecule has 1 aromatic carbocycles. The lowest BCUT2D eigenvalue weighted by Crippen LogP contribution is -2.47. The molecule has 0 bridgehead atoms. The lowest BCUT2D eigenvalue weighted by atomic mass is 10.0. The van der Waals surface area contributed by atoms with Gasteiger partial charge in [0.1, 0.15) is 11.9 Å². The summed E-state index contributed by atoms with van der Waals surface area (Å²) in [6.45, 7) is 7.12. The zero-order chi connectivity index (χ0) is 20.7. The smallest absolute Gasteiger partial charge is 0.251 e. The van der Waals surface area contributed by atoms with Crippen molar-refractivity contribution in [2.45, 2.75) is 46.2 Å². The van der Waals surface area contributed by atoms with E-state index < -0.39 is 6.04 Å². The van der Waals surface area contributed by atoms with E-state index in [1.807, 2.05) is 25.3 Å². The number of aromatic nitrogens is 3. The average molecular weight is 424 g/mol. The van der Waals surface area contributed by atoms with Crippen molar-refractivity contribution in [3.8, 4) is 0 Å². The zero-order valence-corrected chi connectivity index (χ0v) is 17.9.